The van der Waals surface area contributed by atoms with E-state index in [4.69, 9.17) is 18.5 Å². The van der Waals surface area contributed by atoms with Crippen LogP contribution < -0.4 is 5.32 Å². The van der Waals surface area contributed by atoms with Crippen molar-refractivity contribution in [1.82, 2.24) is 25.5 Å². The molecule has 1 fully saturated rings. The fraction of sp³-hybridized carbons (Fsp3) is 0.600. The van der Waals surface area contributed by atoms with Crippen LogP contribution in [0.5, 0.6) is 0 Å². The van der Waals surface area contributed by atoms with Crippen molar-refractivity contribution in [3.63, 3.8) is 0 Å². The maximum absolute atomic E-state index is 12.1. The first kappa shape index (κ1) is 17.5. The Balaban J connectivity index is 1.43. The van der Waals surface area contributed by atoms with E-state index >= 15 is 0 Å². The highest BCUT2D eigenvalue weighted by molar-refractivity contribution is 5.92. The zero-order valence-electron chi connectivity index (χ0n) is 14.1. The molecule has 2 aromatic heterocycles. The summed E-state index contributed by atoms with van der Waals surface area (Å²) in [4.78, 5) is 18.4. The molecule has 10 nitrogen and oxygen atoms in total. The van der Waals surface area contributed by atoms with E-state index in [1.807, 2.05) is 0 Å². The maximum Gasteiger partial charge on any atom is 0.273 e. The van der Waals surface area contributed by atoms with Gasteiger partial charge in [0.05, 0.1) is 19.8 Å². The van der Waals surface area contributed by atoms with Gasteiger partial charge in [0.15, 0.2) is 17.3 Å². The van der Waals surface area contributed by atoms with E-state index in [0.29, 0.717) is 50.2 Å². The third-order valence-corrected chi connectivity index (χ3v) is 3.69. The summed E-state index contributed by atoms with van der Waals surface area (Å²) in [6.45, 7) is 4.37. The first-order valence-electron chi connectivity index (χ1n) is 8.09. The molecule has 1 N–H and O–H groups in total. The molecule has 25 heavy (non-hydrogen) atoms. The standard InChI is InChI=1S/C15H21N5O5/c1-22-10-14-17-13(19-25-14)2-3-16-15(21)12-8-11(24-18-12)9-20-4-6-23-7-5-20/h8H,2-7,9-10H2,1H3,(H,16,21). The highest BCUT2D eigenvalue weighted by Gasteiger charge is 2.16. The fourth-order valence-corrected chi connectivity index (χ4v) is 2.43. The van der Waals surface area contributed by atoms with Crippen LogP contribution in [0.25, 0.3) is 0 Å². The quantitative estimate of drug-likeness (QED) is 0.702. The first-order valence-corrected chi connectivity index (χ1v) is 8.09. The summed E-state index contributed by atoms with van der Waals surface area (Å²) in [7, 11) is 1.55. The lowest BCUT2D eigenvalue weighted by Gasteiger charge is -2.25. The predicted octanol–water partition coefficient (Wildman–Crippen LogP) is 0.00870. The molecule has 0 saturated carbocycles. The average molecular weight is 351 g/mol. The van der Waals surface area contributed by atoms with Crippen LogP contribution in [0.4, 0.5) is 0 Å². The van der Waals surface area contributed by atoms with Gasteiger partial charge >= 0.3 is 0 Å². The average Bonchev–Trinajstić information content (AvgIpc) is 3.26. The number of aromatic nitrogens is 3. The summed E-state index contributed by atoms with van der Waals surface area (Å²) >= 11 is 0. The minimum absolute atomic E-state index is 0.261. The van der Waals surface area contributed by atoms with Crippen molar-refractivity contribution in [1.29, 1.82) is 0 Å². The molecule has 0 bridgehead atoms. The molecule has 0 spiro atoms. The second kappa shape index (κ2) is 8.70. The van der Waals surface area contributed by atoms with Gasteiger partial charge in [0.1, 0.15) is 6.61 Å². The minimum atomic E-state index is -0.294. The summed E-state index contributed by atoms with van der Waals surface area (Å²) < 4.78 is 20.4. The highest BCUT2D eigenvalue weighted by atomic mass is 16.5. The molecule has 136 valence electrons. The van der Waals surface area contributed by atoms with Crippen LogP contribution in [0.1, 0.15) is 28.0 Å². The number of amides is 1. The molecule has 1 amide bonds. The molecule has 0 unspecified atom stereocenters. The van der Waals surface area contributed by atoms with Gasteiger partial charge in [-0.3, -0.25) is 9.69 Å². The Morgan fingerprint density at radius 3 is 2.96 bits per heavy atom. The molecule has 3 rings (SSSR count). The second-order valence-corrected chi connectivity index (χ2v) is 5.61. The lowest BCUT2D eigenvalue weighted by atomic mass is 10.3. The van der Waals surface area contributed by atoms with Crippen molar-refractivity contribution in [2.75, 3.05) is 40.0 Å². The van der Waals surface area contributed by atoms with Crippen LogP contribution >= 0.6 is 0 Å². The molecule has 3 heterocycles. The normalized spacial score (nSPS) is 15.4. The van der Waals surface area contributed by atoms with Crippen LogP contribution in [-0.2, 0) is 29.0 Å². The Morgan fingerprint density at radius 1 is 1.32 bits per heavy atom. The number of hydrogen-bond acceptors (Lipinski definition) is 9. The van der Waals surface area contributed by atoms with Crippen molar-refractivity contribution >= 4 is 5.91 Å². The van der Waals surface area contributed by atoms with Gasteiger partial charge in [-0.25, -0.2) is 0 Å². The lowest BCUT2D eigenvalue weighted by Crippen LogP contribution is -2.35. The third-order valence-electron chi connectivity index (χ3n) is 3.69. The predicted molar refractivity (Wildman–Crippen MR) is 83.6 cm³/mol. The summed E-state index contributed by atoms with van der Waals surface area (Å²) in [6, 6.07) is 1.66. The largest absolute Gasteiger partial charge is 0.379 e. The number of morpholine rings is 1. The van der Waals surface area contributed by atoms with Crippen LogP contribution in [0.15, 0.2) is 15.1 Å². The Bertz CT molecular complexity index is 679. The van der Waals surface area contributed by atoms with Crippen LogP contribution in [-0.4, -0.2) is 66.1 Å². The van der Waals surface area contributed by atoms with Gasteiger partial charge < -0.3 is 23.8 Å². The molecule has 0 aromatic carbocycles. The summed E-state index contributed by atoms with van der Waals surface area (Å²) in [6.07, 6.45) is 0.456. The number of nitrogens with one attached hydrogen (secondary N) is 1. The number of carbonyl (C=O) groups excluding carboxylic acids is 1. The van der Waals surface area contributed by atoms with Gasteiger partial charge in [-0.1, -0.05) is 10.3 Å². The highest BCUT2D eigenvalue weighted by Crippen LogP contribution is 2.09. The fourth-order valence-electron chi connectivity index (χ4n) is 2.43. The van der Waals surface area contributed by atoms with E-state index in [1.54, 1.807) is 13.2 Å². The zero-order chi connectivity index (χ0) is 17.5. The Labute approximate surface area is 144 Å². The van der Waals surface area contributed by atoms with Crippen LogP contribution in [0.2, 0.25) is 0 Å². The molecule has 2 aromatic rings. The summed E-state index contributed by atoms with van der Waals surface area (Å²) in [5.41, 5.74) is 0.261. The summed E-state index contributed by atoms with van der Waals surface area (Å²) in [5.74, 6) is 1.29. The van der Waals surface area contributed by atoms with E-state index in [2.05, 4.69) is 25.5 Å². The van der Waals surface area contributed by atoms with Crippen molar-refractivity contribution in [3.05, 3.63) is 29.2 Å². The molecular formula is C15H21N5O5. The van der Waals surface area contributed by atoms with Gasteiger partial charge in [-0.2, -0.15) is 4.98 Å². The van der Waals surface area contributed by atoms with Crippen LogP contribution in [0, 0.1) is 0 Å². The van der Waals surface area contributed by atoms with Gasteiger partial charge in [0.2, 0.25) is 0 Å². The van der Waals surface area contributed by atoms with E-state index in [1.165, 1.54) is 0 Å². The Kier molecular flexibility index (Phi) is 6.09. The maximum atomic E-state index is 12.1. The van der Waals surface area contributed by atoms with Crippen molar-refractivity contribution in [3.8, 4) is 0 Å². The molecule has 1 aliphatic rings. The zero-order valence-corrected chi connectivity index (χ0v) is 14.1. The molecule has 0 radical (unpaired) electrons. The molecule has 1 aliphatic heterocycles. The van der Waals surface area contributed by atoms with E-state index in [9.17, 15) is 4.79 Å². The number of hydrogen-bond donors (Lipinski definition) is 1. The molecule has 0 aliphatic carbocycles. The molecule has 0 atom stereocenters. The van der Waals surface area contributed by atoms with Gasteiger partial charge in [-0.05, 0) is 0 Å². The van der Waals surface area contributed by atoms with Crippen molar-refractivity contribution in [2.45, 2.75) is 19.6 Å². The van der Waals surface area contributed by atoms with Gasteiger partial charge in [0, 0.05) is 39.2 Å². The Morgan fingerprint density at radius 2 is 2.16 bits per heavy atom. The first-order chi connectivity index (χ1) is 12.2. The monoisotopic (exact) mass is 351 g/mol. The number of rotatable bonds is 8. The van der Waals surface area contributed by atoms with E-state index < -0.39 is 0 Å². The van der Waals surface area contributed by atoms with Crippen LogP contribution in [0.3, 0.4) is 0 Å². The van der Waals surface area contributed by atoms with E-state index in [0.717, 1.165) is 13.1 Å². The second-order valence-electron chi connectivity index (χ2n) is 5.61. The third kappa shape index (κ3) is 5.08. The van der Waals surface area contributed by atoms with Crippen molar-refractivity contribution in [2.24, 2.45) is 0 Å². The number of carbonyl (C=O) groups is 1. The van der Waals surface area contributed by atoms with Crippen molar-refractivity contribution < 1.29 is 23.3 Å². The lowest BCUT2D eigenvalue weighted by molar-refractivity contribution is 0.0305. The van der Waals surface area contributed by atoms with E-state index in [-0.39, 0.29) is 18.2 Å². The SMILES string of the molecule is COCc1nc(CCNC(=O)c2cc(CN3CCOCC3)on2)no1. The molecular weight excluding hydrogens is 330 g/mol. The number of methoxy groups -OCH3 is 1. The smallest absolute Gasteiger partial charge is 0.273 e. The topological polar surface area (TPSA) is 116 Å². The minimum Gasteiger partial charge on any atom is -0.379 e. The summed E-state index contributed by atoms with van der Waals surface area (Å²) in [5, 5.41) is 10.4. The number of ether oxygens (including phenoxy) is 2. The Hall–Kier alpha value is -2.30. The molecule has 1 saturated heterocycles. The van der Waals surface area contributed by atoms with Gasteiger partial charge in [0.25, 0.3) is 11.8 Å². The number of nitrogens with zero attached hydrogens (tertiary/aromatic N) is 4. The van der Waals surface area contributed by atoms with Gasteiger partial charge in [-0.15, -0.1) is 0 Å². The molecule has 10 heteroatoms.